The van der Waals surface area contributed by atoms with Gasteiger partial charge >= 0.3 is 0 Å². The molecule has 0 aromatic heterocycles. The van der Waals surface area contributed by atoms with Crippen LogP contribution in [0.5, 0.6) is 0 Å². The van der Waals surface area contributed by atoms with Crippen LogP contribution in [0.15, 0.2) is 24.3 Å². The zero-order valence-corrected chi connectivity index (χ0v) is 13.4. The molecule has 0 aliphatic rings. The molecule has 19 heavy (non-hydrogen) atoms. The Balaban J connectivity index is 2.61. The van der Waals surface area contributed by atoms with Crippen molar-refractivity contribution in [2.45, 2.75) is 53.9 Å². The smallest absolute Gasteiger partial charge is 0.000846 e. The van der Waals surface area contributed by atoms with E-state index in [0.29, 0.717) is 5.41 Å². The molecule has 0 saturated carbocycles. The van der Waals surface area contributed by atoms with E-state index < -0.39 is 0 Å². The highest BCUT2D eigenvalue weighted by molar-refractivity contribution is 5.22. The Labute approximate surface area is 119 Å². The Morgan fingerprint density at radius 3 is 2.32 bits per heavy atom. The van der Waals surface area contributed by atoms with Crippen LogP contribution < -0.4 is 5.32 Å². The molecule has 0 heterocycles. The van der Waals surface area contributed by atoms with E-state index in [1.807, 2.05) is 0 Å². The summed E-state index contributed by atoms with van der Waals surface area (Å²) in [4.78, 5) is 0. The molecular formula is C18H31N. The van der Waals surface area contributed by atoms with Crippen LogP contribution >= 0.6 is 0 Å². The molecule has 0 fully saturated rings. The summed E-state index contributed by atoms with van der Waals surface area (Å²) < 4.78 is 0. The number of hydrogen-bond acceptors (Lipinski definition) is 1. The van der Waals surface area contributed by atoms with Crippen LogP contribution in [0.1, 0.15) is 51.7 Å². The molecule has 1 aromatic rings. The molecule has 0 saturated heterocycles. The maximum Gasteiger partial charge on any atom is 0.000846 e. The predicted molar refractivity (Wildman–Crippen MR) is 85.6 cm³/mol. The van der Waals surface area contributed by atoms with Gasteiger partial charge in [-0.1, -0.05) is 63.9 Å². The fraction of sp³-hybridized carbons (Fsp3) is 0.667. The first-order valence-corrected chi connectivity index (χ1v) is 7.71. The van der Waals surface area contributed by atoms with Crippen LogP contribution in [0.25, 0.3) is 0 Å². The second kappa shape index (κ2) is 7.69. The summed E-state index contributed by atoms with van der Waals surface area (Å²) in [6.45, 7) is 13.6. The Hall–Kier alpha value is -0.820. The van der Waals surface area contributed by atoms with E-state index in [-0.39, 0.29) is 0 Å². The second-order valence-electron chi connectivity index (χ2n) is 6.75. The molecule has 0 aliphatic heterocycles. The SMILES string of the molecule is CCCC(C)(CNCC(C)C)Cc1ccc(C)cc1. The van der Waals surface area contributed by atoms with E-state index >= 15 is 0 Å². The van der Waals surface area contributed by atoms with Crippen LogP contribution in [0.4, 0.5) is 0 Å². The average Bonchev–Trinajstić information content (AvgIpc) is 2.32. The fourth-order valence-corrected chi connectivity index (χ4v) is 2.70. The second-order valence-corrected chi connectivity index (χ2v) is 6.75. The lowest BCUT2D eigenvalue weighted by atomic mass is 9.79. The van der Waals surface area contributed by atoms with E-state index in [2.05, 4.69) is 64.2 Å². The molecule has 1 N–H and O–H groups in total. The van der Waals surface area contributed by atoms with Crippen LogP contribution in [0.3, 0.4) is 0 Å². The monoisotopic (exact) mass is 261 g/mol. The van der Waals surface area contributed by atoms with Crippen molar-refractivity contribution < 1.29 is 0 Å². The third kappa shape index (κ3) is 6.24. The molecule has 0 aliphatic carbocycles. The lowest BCUT2D eigenvalue weighted by Gasteiger charge is -2.30. The molecular weight excluding hydrogens is 230 g/mol. The molecule has 1 nitrogen and oxygen atoms in total. The number of aryl methyl sites for hydroxylation is 1. The van der Waals surface area contributed by atoms with Crippen molar-refractivity contribution in [3.8, 4) is 0 Å². The molecule has 1 unspecified atom stereocenters. The predicted octanol–water partition coefficient (Wildman–Crippen LogP) is 4.59. The Morgan fingerprint density at radius 1 is 1.16 bits per heavy atom. The maximum atomic E-state index is 3.64. The van der Waals surface area contributed by atoms with Gasteiger partial charge in [-0.15, -0.1) is 0 Å². The average molecular weight is 261 g/mol. The molecule has 0 amide bonds. The highest BCUT2D eigenvalue weighted by atomic mass is 14.9. The molecule has 1 rings (SSSR count). The highest BCUT2D eigenvalue weighted by Crippen LogP contribution is 2.27. The number of nitrogens with one attached hydrogen (secondary N) is 1. The van der Waals surface area contributed by atoms with Crippen molar-refractivity contribution in [1.29, 1.82) is 0 Å². The van der Waals surface area contributed by atoms with Crippen LogP contribution in [0.2, 0.25) is 0 Å². The lowest BCUT2D eigenvalue weighted by Crippen LogP contribution is -2.35. The first kappa shape index (κ1) is 16.2. The van der Waals surface area contributed by atoms with Crippen LogP contribution in [-0.2, 0) is 6.42 Å². The number of hydrogen-bond donors (Lipinski definition) is 1. The van der Waals surface area contributed by atoms with Gasteiger partial charge in [0.2, 0.25) is 0 Å². The molecule has 0 radical (unpaired) electrons. The lowest BCUT2D eigenvalue weighted by molar-refractivity contribution is 0.271. The summed E-state index contributed by atoms with van der Waals surface area (Å²) in [5.74, 6) is 0.727. The normalized spacial score (nSPS) is 14.6. The van der Waals surface area contributed by atoms with Gasteiger partial charge in [0.1, 0.15) is 0 Å². The Kier molecular flexibility index (Phi) is 6.57. The van der Waals surface area contributed by atoms with Gasteiger partial charge in [-0.25, -0.2) is 0 Å². The minimum absolute atomic E-state index is 0.374. The first-order valence-electron chi connectivity index (χ1n) is 7.71. The summed E-state index contributed by atoms with van der Waals surface area (Å²) in [6, 6.07) is 9.02. The van der Waals surface area contributed by atoms with Gasteiger partial charge in [0.25, 0.3) is 0 Å². The van der Waals surface area contributed by atoms with E-state index in [1.165, 1.54) is 30.4 Å². The first-order chi connectivity index (χ1) is 8.95. The molecule has 0 spiro atoms. The molecule has 0 bridgehead atoms. The zero-order chi connectivity index (χ0) is 14.3. The zero-order valence-electron chi connectivity index (χ0n) is 13.4. The Bertz CT molecular complexity index is 352. The number of benzene rings is 1. The van der Waals surface area contributed by atoms with Crippen molar-refractivity contribution >= 4 is 0 Å². The van der Waals surface area contributed by atoms with E-state index in [0.717, 1.165) is 19.0 Å². The summed E-state index contributed by atoms with van der Waals surface area (Å²) in [5, 5.41) is 3.64. The van der Waals surface area contributed by atoms with Gasteiger partial charge in [0.05, 0.1) is 0 Å². The van der Waals surface area contributed by atoms with Crippen molar-refractivity contribution in [2.75, 3.05) is 13.1 Å². The molecule has 1 atom stereocenters. The van der Waals surface area contributed by atoms with E-state index in [4.69, 9.17) is 0 Å². The minimum atomic E-state index is 0.374. The minimum Gasteiger partial charge on any atom is -0.316 e. The van der Waals surface area contributed by atoms with E-state index in [1.54, 1.807) is 0 Å². The number of rotatable bonds is 8. The molecule has 108 valence electrons. The summed E-state index contributed by atoms with van der Waals surface area (Å²) >= 11 is 0. The summed E-state index contributed by atoms with van der Waals surface area (Å²) in [5.41, 5.74) is 3.19. The van der Waals surface area contributed by atoms with Gasteiger partial charge in [-0.2, -0.15) is 0 Å². The van der Waals surface area contributed by atoms with Gasteiger partial charge in [-0.05, 0) is 43.2 Å². The third-order valence-corrected chi connectivity index (χ3v) is 3.71. The van der Waals surface area contributed by atoms with Crippen LogP contribution in [-0.4, -0.2) is 13.1 Å². The van der Waals surface area contributed by atoms with Gasteiger partial charge in [-0.3, -0.25) is 0 Å². The molecule has 1 aromatic carbocycles. The van der Waals surface area contributed by atoms with Crippen molar-refractivity contribution in [2.24, 2.45) is 11.3 Å². The van der Waals surface area contributed by atoms with Gasteiger partial charge in [0, 0.05) is 6.54 Å². The fourth-order valence-electron chi connectivity index (χ4n) is 2.70. The highest BCUT2D eigenvalue weighted by Gasteiger charge is 2.23. The van der Waals surface area contributed by atoms with Gasteiger partial charge in [0.15, 0.2) is 0 Å². The van der Waals surface area contributed by atoms with Crippen molar-refractivity contribution in [1.82, 2.24) is 5.32 Å². The topological polar surface area (TPSA) is 12.0 Å². The third-order valence-electron chi connectivity index (χ3n) is 3.71. The van der Waals surface area contributed by atoms with E-state index in [9.17, 15) is 0 Å². The largest absolute Gasteiger partial charge is 0.316 e. The van der Waals surface area contributed by atoms with Gasteiger partial charge < -0.3 is 5.32 Å². The Morgan fingerprint density at radius 2 is 1.79 bits per heavy atom. The van der Waals surface area contributed by atoms with Crippen LogP contribution in [0, 0.1) is 18.3 Å². The summed E-state index contributed by atoms with van der Waals surface area (Å²) in [6.07, 6.45) is 3.71. The maximum absolute atomic E-state index is 3.64. The summed E-state index contributed by atoms with van der Waals surface area (Å²) in [7, 11) is 0. The van der Waals surface area contributed by atoms with Crippen molar-refractivity contribution in [3.63, 3.8) is 0 Å². The quantitative estimate of drug-likeness (QED) is 0.721. The standard InChI is InChI=1S/C18H31N/c1-6-11-18(5,14-19-13-15(2)3)12-17-9-7-16(4)8-10-17/h7-10,15,19H,6,11-14H2,1-5H3. The molecule has 1 heteroatoms. The van der Waals surface area contributed by atoms with Crippen molar-refractivity contribution in [3.05, 3.63) is 35.4 Å².